The van der Waals surface area contributed by atoms with Crippen molar-refractivity contribution in [1.29, 1.82) is 0 Å². The summed E-state index contributed by atoms with van der Waals surface area (Å²) in [6, 6.07) is 19.1. The molecule has 0 bridgehead atoms. The van der Waals surface area contributed by atoms with Gasteiger partial charge in [-0.3, -0.25) is 14.4 Å². The van der Waals surface area contributed by atoms with Crippen molar-refractivity contribution in [3.8, 4) is 11.5 Å². The number of carbonyl (C=O) groups excluding carboxylic acids is 2. The Morgan fingerprint density at radius 2 is 1.72 bits per heavy atom. The summed E-state index contributed by atoms with van der Waals surface area (Å²) in [6.07, 6.45) is 1.43. The Hall–Kier alpha value is -3.45. The maximum absolute atomic E-state index is 13.0. The van der Waals surface area contributed by atoms with Gasteiger partial charge in [0.15, 0.2) is 5.78 Å². The molecule has 2 heterocycles. The van der Waals surface area contributed by atoms with Crippen LogP contribution in [0.3, 0.4) is 0 Å². The third-order valence-electron chi connectivity index (χ3n) is 5.38. The molecular weight excluding hydrogens is 430 g/mol. The molecule has 4 rings (SSSR count). The van der Waals surface area contributed by atoms with E-state index in [1.807, 2.05) is 30.3 Å². The number of para-hydroxylation sites is 1. The Bertz CT molecular complexity index is 1160. The van der Waals surface area contributed by atoms with E-state index in [1.165, 1.54) is 12.1 Å². The minimum absolute atomic E-state index is 0.00758. The van der Waals surface area contributed by atoms with E-state index in [9.17, 15) is 14.4 Å². The lowest BCUT2D eigenvalue weighted by molar-refractivity contribution is -0.133. The molecule has 1 aromatic heterocycles. The van der Waals surface area contributed by atoms with Crippen LogP contribution in [-0.2, 0) is 11.3 Å². The fraction of sp³-hybridized carbons (Fsp3) is 0.250. The predicted molar refractivity (Wildman–Crippen MR) is 120 cm³/mol. The van der Waals surface area contributed by atoms with Crippen LogP contribution in [0.15, 0.2) is 71.5 Å². The highest BCUT2D eigenvalue weighted by Gasteiger charge is 2.29. The van der Waals surface area contributed by atoms with Crippen LogP contribution in [0.5, 0.6) is 11.5 Å². The summed E-state index contributed by atoms with van der Waals surface area (Å²) >= 11 is 5.83. The molecule has 8 heteroatoms. The lowest BCUT2D eigenvalue weighted by Gasteiger charge is -2.32. The fourth-order valence-corrected chi connectivity index (χ4v) is 3.88. The topological polar surface area (TPSA) is 81.5 Å². The van der Waals surface area contributed by atoms with Gasteiger partial charge in [0.05, 0.1) is 0 Å². The molecule has 0 saturated carbocycles. The Morgan fingerprint density at radius 1 is 1.00 bits per heavy atom. The van der Waals surface area contributed by atoms with Gasteiger partial charge in [-0.15, -0.1) is 0 Å². The molecule has 1 amide bonds. The van der Waals surface area contributed by atoms with Crippen LogP contribution in [0, 0.1) is 5.92 Å². The quantitative estimate of drug-likeness (QED) is 0.532. The number of Topliss-reactive ketones (excluding diaryl/α,β-unsaturated/α-hetero) is 1. The SMILES string of the molecule is O=C(c1ccc(Oc2ccccc2)cc1)C1CCCN(C(=O)Cn2nc(Cl)ccc2=O)C1. The summed E-state index contributed by atoms with van der Waals surface area (Å²) in [5.41, 5.74) is 0.183. The summed E-state index contributed by atoms with van der Waals surface area (Å²) in [4.78, 5) is 39.3. The predicted octanol–water partition coefficient (Wildman–Crippen LogP) is 3.81. The number of carbonyl (C=O) groups is 2. The van der Waals surface area contributed by atoms with Gasteiger partial charge in [0, 0.05) is 30.6 Å². The van der Waals surface area contributed by atoms with Crippen LogP contribution in [0.4, 0.5) is 0 Å². The van der Waals surface area contributed by atoms with Crippen molar-refractivity contribution in [2.75, 3.05) is 13.1 Å². The van der Waals surface area contributed by atoms with E-state index in [0.717, 1.165) is 16.9 Å². The number of ketones is 1. The number of hydrogen-bond acceptors (Lipinski definition) is 5. The second-order valence-corrected chi connectivity index (χ2v) is 8.02. The average Bonchev–Trinajstić information content (AvgIpc) is 2.82. The molecule has 0 N–H and O–H groups in total. The summed E-state index contributed by atoms with van der Waals surface area (Å²) in [7, 11) is 0. The molecule has 7 nitrogen and oxygen atoms in total. The number of amides is 1. The number of rotatable bonds is 6. The first-order valence-corrected chi connectivity index (χ1v) is 10.8. The zero-order chi connectivity index (χ0) is 22.5. The maximum atomic E-state index is 13.0. The standard InChI is InChI=1S/C24H22ClN3O4/c25-21-12-13-22(29)28(26-21)16-23(30)27-14-4-5-18(15-27)24(31)17-8-10-20(11-9-17)32-19-6-2-1-3-7-19/h1-3,6-13,18H,4-5,14-16H2. The molecule has 1 aliphatic rings. The summed E-state index contributed by atoms with van der Waals surface area (Å²) < 4.78 is 6.82. The number of ether oxygens (including phenoxy) is 1. The second kappa shape index (κ2) is 9.78. The zero-order valence-corrected chi connectivity index (χ0v) is 18.1. The van der Waals surface area contributed by atoms with E-state index in [4.69, 9.17) is 16.3 Å². The normalized spacial score (nSPS) is 15.9. The van der Waals surface area contributed by atoms with Gasteiger partial charge in [-0.1, -0.05) is 29.8 Å². The van der Waals surface area contributed by atoms with Gasteiger partial charge in [-0.05, 0) is 55.3 Å². The van der Waals surface area contributed by atoms with Crippen molar-refractivity contribution in [2.24, 2.45) is 5.92 Å². The lowest BCUT2D eigenvalue weighted by atomic mass is 9.90. The van der Waals surface area contributed by atoms with Crippen LogP contribution in [0.2, 0.25) is 5.15 Å². The van der Waals surface area contributed by atoms with Crippen LogP contribution in [-0.4, -0.2) is 39.5 Å². The molecule has 1 fully saturated rings. The Morgan fingerprint density at radius 3 is 2.47 bits per heavy atom. The maximum Gasteiger partial charge on any atom is 0.267 e. The Kier molecular flexibility index (Phi) is 6.66. The molecule has 1 aliphatic heterocycles. The van der Waals surface area contributed by atoms with E-state index in [-0.39, 0.29) is 29.3 Å². The van der Waals surface area contributed by atoms with Gasteiger partial charge in [-0.25, -0.2) is 4.68 Å². The van der Waals surface area contributed by atoms with Crippen molar-refractivity contribution in [2.45, 2.75) is 19.4 Å². The smallest absolute Gasteiger partial charge is 0.267 e. The third-order valence-corrected chi connectivity index (χ3v) is 5.58. The Balaban J connectivity index is 1.39. The molecular formula is C24H22ClN3O4. The van der Waals surface area contributed by atoms with Crippen molar-refractivity contribution >= 4 is 23.3 Å². The molecule has 2 aromatic carbocycles. The van der Waals surface area contributed by atoms with Gasteiger partial charge >= 0.3 is 0 Å². The largest absolute Gasteiger partial charge is 0.457 e. The van der Waals surface area contributed by atoms with Crippen LogP contribution in [0.25, 0.3) is 0 Å². The van der Waals surface area contributed by atoms with E-state index in [0.29, 0.717) is 30.8 Å². The number of aromatic nitrogens is 2. The third kappa shape index (κ3) is 5.23. The highest BCUT2D eigenvalue weighted by molar-refractivity contribution is 6.29. The number of halogens is 1. The number of likely N-dealkylation sites (tertiary alicyclic amines) is 1. The number of piperidine rings is 1. The summed E-state index contributed by atoms with van der Waals surface area (Å²) in [5.74, 6) is 0.810. The highest BCUT2D eigenvalue weighted by Crippen LogP contribution is 2.25. The highest BCUT2D eigenvalue weighted by atomic mass is 35.5. The minimum Gasteiger partial charge on any atom is -0.457 e. The van der Waals surface area contributed by atoms with E-state index >= 15 is 0 Å². The van der Waals surface area contributed by atoms with Gasteiger partial charge in [0.25, 0.3) is 5.56 Å². The van der Waals surface area contributed by atoms with Crippen LogP contribution in [0.1, 0.15) is 23.2 Å². The summed E-state index contributed by atoms with van der Waals surface area (Å²) in [5, 5.41) is 4.03. The average molecular weight is 452 g/mol. The second-order valence-electron chi connectivity index (χ2n) is 7.63. The first-order chi connectivity index (χ1) is 15.5. The van der Waals surface area contributed by atoms with Crippen molar-refractivity contribution in [3.63, 3.8) is 0 Å². The number of benzene rings is 2. The zero-order valence-electron chi connectivity index (χ0n) is 17.3. The number of nitrogens with zero attached hydrogens (tertiary/aromatic N) is 3. The molecule has 1 atom stereocenters. The first-order valence-electron chi connectivity index (χ1n) is 10.4. The van der Waals surface area contributed by atoms with Gasteiger partial charge < -0.3 is 9.64 Å². The van der Waals surface area contributed by atoms with Crippen LogP contribution < -0.4 is 10.3 Å². The van der Waals surface area contributed by atoms with E-state index in [2.05, 4.69) is 5.10 Å². The Labute approximate surface area is 190 Å². The van der Waals surface area contributed by atoms with Crippen LogP contribution >= 0.6 is 11.6 Å². The summed E-state index contributed by atoms with van der Waals surface area (Å²) in [6.45, 7) is 0.656. The molecule has 0 aliphatic carbocycles. The molecule has 0 radical (unpaired) electrons. The van der Waals surface area contributed by atoms with Crippen molar-refractivity contribution in [1.82, 2.24) is 14.7 Å². The molecule has 164 valence electrons. The van der Waals surface area contributed by atoms with Gasteiger partial charge in [0.2, 0.25) is 5.91 Å². The lowest BCUT2D eigenvalue weighted by Crippen LogP contribution is -2.44. The molecule has 0 spiro atoms. The molecule has 1 saturated heterocycles. The van der Waals surface area contributed by atoms with Gasteiger partial charge in [0.1, 0.15) is 23.2 Å². The van der Waals surface area contributed by atoms with Crippen molar-refractivity contribution in [3.05, 3.63) is 87.8 Å². The van der Waals surface area contributed by atoms with Crippen molar-refractivity contribution < 1.29 is 14.3 Å². The van der Waals surface area contributed by atoms with E-state index in [1.54, 1.807) is 29.2 Å². The molecule has 32 heavy (non-hydrogen) atoms. The first kappa shape index (κ1) is 21.8. The monoisotopic (exact) mass is 451 g/mol. The minimum atomic E-state index is -0.398. The molecule has 1 unspecified atom stereocenters. The number of hydrogen-bond donors (Lipinski definition) is 0. The van der Waals surface area contributed by atoms with E-state index < -0.39 is 5.56 Å². The molecule has 3 aromatic rings. The fourth-order valence-electron chi connectivity index (χ4n) is 3.73. The van der Waals surface area contributed by atoms with Gasteiger partial charge in [-0.2, -0.15) is 5.10 Å².